The van der Waals surface area contributed by atoms with Gasteiger partial charge in [-0.15, -0.1) is 0 Å². The first kappa shape index (κ1) is 16.1. The summed E-state index contributed by atoms with van der Waals surface area (Å²) in [5.41, 5.74) is 0. The molecule has 0 rings (SSSR count). The zero-order valence-corrected chi connectivity index (χ0v) is 12.1. The van der Waals surface area contributed by atoms with E-state index in [-0.39, 0.29) is 0 Å². The third-order valence-corrected chi connectivity index (χ3v) is 3.34. The molecule has 0 radical (unpaired) electrons. The molecule has 98 valence electrons. The highest BCUT2D eigenvalue weighted by Crippen LogP contribution is 2.26. The molecule has 0 aliphatic rings. The Bertz CT molecular complexity index is 167. The Morgan fingerprint density at radius 3 is 1.62 bits per heavy atom. The van der Waals surface area contributed by atoms with Crippen LogP contribution in [-0.4, -0.2) is 13.2 Å². The molecule has 0 bridgehead atoms. The van der Waals surface area contributed by atoms with Gasteiger partial charge in [-0.1, -0.05) is 40.5 Å². The summed E-state index contributed by atoms with van der Waals surface area (Å²) < 4.78 is 21.8. The SMILES string of the molecule is CCCC(C)CO[PH](=O)OCC(C)CCC. The lowest BCUT2D eigenvalue weighted by Gasteiger charge is -2.13. The van der Waals surface area contributed by atoms with Crippen LogP contribution >= 0.6 is 8.25 Å². The van der Waals surface area contributed by atoms with E-state index >= 15 is 0 Å². The second kappa shape index (κ2) is 10.3. The summed E-state index contributed by atoms with van der Waals surface area (Å²) >= 11 is 0. The van der Waals surface area contributed by atoms with Crippen LogP contribution in [0.3, 0.4) is 0 Å². The molecule has 2 unspecified atom stereocenters. The number of hydrogen-bond donors (Lipinski definition) is 0. The van der Waals surface area contributed by atoms with E-state index in [1.165, 1.54) is 0 Å². The summed E-state index contributed by atoms with van der Waals surface area (Å²) in [5, 5.41) is 0. The number of rotatable bonds is 10. The van der Waals surface area contributed by atoms with Gasteiger partial charge in [-0.2, -0.15) is 0 Å². The summed E-state index contributed by atoms with van der Waals surface area (Å²) in [5.74, 6) is 0.936. The average molecular weight is 250 g/mol. The van der Waals surface area contributed by atoms with Crippen molar-refractivity contribution in [3.05, 3.63) is 0 Å². The molecule has 0 heterocycles. The van der Waals surface area contributed by atoms with E-state index in [9.17, 15) is 4.57 Å². The molecule has 0 aromatic rings. The maximum absolute atomic E-state index is 11.4. The van der Waals surface area contributed by atoms with Gasteiger partial charge in [0.25, 0.3) is 0 Å². The minimum absolute atomic E-state index is 0.468. The van der Waals surface area contributed by atoms with E-state index in [0.29, 0.717) is 25.0 Å². The Labute approximate surface area is 101 Å². The van der Waals surface area contributed by atoms with E-state index < -0.39 is 8.25 Å². The van der Waals surface area contributed by atoms with E-state index in [0.717, 1.165) is 25.7 Å². The summed E-state index contributed by atoms with van der Waals surface area (Å²) in [4.78, 5) is 0. The Morgan fingerprint density at radius 1 is 0.938 bits per heavy atom. The second-order valence-electron chi connectivity index (χ2n) is 4.66. The molecular weight excluding hydrogens is 223 g/mol. The monoisotopic (exact) mass is 250 g/mol. The van der Waals surface area contributed by atoms with Gasteiger partial charge in [-0.3, -0.25) is 4.57 Å². The smallest absolute Gasteiger partial charge is 0.310 e. The van der Waals surface area contributed by atoms with Crippen molar-refractivity contribution in [2.75, 3.05) is 13.2 Å². The topological polar surface area (TPSA) is 35.5 Å². The van der Waals surface area contributed by atoms with Crippen molar-refractivity contribution in [3.8, 4) is 0 Å². The summed E-state index contributed by atoms with van der Waals surface area (Å²) in [6.07, 6.45) is 4.50. The summed E-state index contributed by atoms with van der Waals surface area (Å²) in [6, 6.07) is 0. The summed E-state index contributed by atoms with van der Waals surface area (Å²) in [7, 11) is -2.27. The molecule has 4 heteroatoms. The highest BCUT2D eigenvalue weighted by molar-refractivity contribution is 7.33. The van der Waals surface area contributed by atoms with Gasteiger partial charge in [0, 0.05) is 0 Å². The van der Waals surface area contributed by atoms with Crippen LogP contribution in [0.1, 0.15) is 53.4 Å². The molecule has 0 saturated heterocycles. The van der Waals surface area contributed by atoms with Gasteiger partial charge in [0.05, 0.1) is 13.2 Å². The van der Waals surface area contributed by atoms with Crippen molar-refractivity contribution in [1.82, 2.24) is 0 Å². The van der Waals surface area contributed by atoms with Gasteiger partial charge in [-0.25, -0.2) is 0 Å². The Hall–Kier alpha value is 0.150. The fraction of sp³-hybridized carbons (Fsp3) is 1.00. The molecule has 0 saturated carbocycles. The average Bonchev–Trinajstić information content (AvgIpc) is 2.24. The standard InChI is InChI=1S/C12H27O3P/c1-5-7-11(3)9-14-16(13)15-10-12(4)8-6-2/h11-12,16H,5-10H2,1-4H3. The predicted octanol–water partition coefficient (Wildman–Crippen LogP) is 4.28. The zero-order chi connectivity index (χ0) is 12.4. The third-order valence-electron chi connectivity index (χ3n) is 2.53. The lowest BCUT2D eigenvalue weighted by atomic mass is 10.1. The first-order valence-corrected chi connectivity index (χ1v) is 7.62. The molecule has 0 fully saturated rings. The van der Waals surface area contributed by atoms with Gasteiger partial charge in [0.1, 0.15) is 0 Å². The third kappa shape index (κ3) is 9.38. The molecule has 0 aliphatic heterocycles. The highest BCUT2D eigenvalue weighted by Gasteiger charge is 2.07. The fourth-order valence-corrected chi connectivity index (χ4v) is 2.54. The molecule has 0 aromatic carbocycles. The molecule has 0 spiro atoms. The van der Waals surface area contributed by atoms with Crippen molar-refractivity contribution in [1.29, 1.82) is 0 Å². The molecule has 16 heavy (non-hydrogen) atoms. The van der Waals surface area contributed by atoms with Crippen molar-refractivity contribution in [2.45, 2.75) is 53.4 Å². The minimum Gasteiger partial charge on any atom is -0.310 e. The molecule has 3 nitrogen and oxygen atoms in total. The van der Waals surface area contributed by atoms with Gasteiger partial charge >= 0.3 is 8.25 Å². The normalized spacial score (nSPS) is 17.0. The van der Waals surface area contributed by atoms with Gasteiger partial charge in [0.15, 0.2) is 0 Å². The molecule has 0 aliphatic carbocycles. The minimum atomic E-state index is -2.27. The van der Waals surface area contributed by atoms with Crippen LogP contribution in [0.2, 0.25) is 0 Å². The predicted molar refractivity (Wildman–Crippen MR) is 69.0 cm³/mol. The van der Waals surface area contributed by atoms with Crippen LogP contribution in [0, 0.1) is 11.8 Å². The molecule has 0 amide bonds. The largest absolute Gasteiger partial charge is 0.319 e. The molecular formula is C12H27O3P. The highest BCUT2D eigenvalue weighted by atomic mass is 31.1. The van der Waals surface area contributed by atoms with Crippen LogP contribution < -0.4 is 0 Å². The van der Waals surface area contributed by atoms with Crippen LogP contribution in [0.25, 0.3) is 0 Å². The van der Waals surface area contributed by atoms with E-state index in [1.54, 1.807) is 0 Å². The Kier molecular flexibility index (Phi) is 10.4. The first-order valence-electron chi connectivity index (χ1n) is 6.39. The van der Waals surface area contributed by atoms with Crippen LogP contribution in [0.15, 0.2) is 0 Å². The number of hydrogen-bond acceptors (Lipinski definition) is 3. The maximum atomic E-state index is 11.4. The summed E-state index contributed by atoms with van der Waals surface area (Å²) in [6.45, 7) is 9.60. The Morgan fingerprint density at radius 2 is 1.31 bits per heavy atom. The second-order valence-corrected chi connectivity index (χ2v) is 5.74. The van der Waals surface area contributed by atoms with Gasteiger partial charge < -0.3 is 9.05 Å². The van der Waals surface area contributed by atoms with Crippen molar-refractivity contribution >= 4 is 8.25 Å². The van der Waals surface area contributed by atoms with Crippen LogP contribution in [0.5, 0.6) is 0 Å². The van der Waals surface area contributed by atoms with E-state index in [4.69, 9.17) is 9.05 Å². The van der Waals surface area contributed by atoms with Crippen molar-refractivity contribution in [2.24, 2.45) is 11.8 Å². The quantitative estimate of drug-likeness (QED) is 0.543. The molecule has 2 atom stereocenters. The van der Waals surface area contributed by atoms with Crippen molar-refractivity contribution < 1.29 is 13.6 Å². The van der Waals surface area contributed by atoms with Crippen molar-refractivity contribution in [3.63, 3.8) is 0 Å². The maximum Gasteiger partial charge on any atom is 0.319 e. The van der Waals surface area contributed by atoms with E-state index in [2.05, 4.69) is 27.7 Å². The van der Waals surface area contributed by atoms with Crippen LogP contribution in [-0.2, 0) is 13.6 Å². The fourth-order valence-electron chi connectivity index (χ4n) is 1.61. The lowest BCUT2D eigenvalue weighted by Crippen LogP contribution is -2.05. The molecule has 0 N–H and O–H groups in total. The Balaban J connectivity index is 3.51. The zero-order valence-electron chi connectivity index (χ0n) is 11.1. The van der Waals surface area contributed by atoms with Gasteiger partial charge in [0.2, 0.25) is 0 Å². The van der Waals surface area contributed by atoms with Gasteiger partial charge in [-0.05, 0) is 24.7 Å². The van der Waals surface area contributed by atoms with Crippen LogP contribution in [0.4, 0.5) is 0 Å². The first-order chi connectivity index (χ1) is 7.60. The van der Waals surface area contributed by atoms with E-state index in [1.807, 2.05) is 0 Å². The molecule has 0 aromatic heterocycles. The lowest BCUT2D eigenvalue weighted by molar-refractivity contribution is 0.179.